The summed E-state index contributed by atoms with van der Waals surface area (Å²) in [7, 11) is 2.89. The van der Waals surface area contributed by atoms with Crippen molar-refractivity contribution >= 4 is 22.6 Å². The lowest BCUT2D eigenvalue weighted by atomic mass is 10.2. The maximum absolute atomic E-state index is 11.3. The second kappa shape index (κ2) is 3.77. The second-order valence-corrected chi connectivity index (χ2v) is 3.36. The molecule has 0 aliphatic carbocycles. The Morgan fingerprint density at radius 1 is 1.31 bits per heavy atom. The zero-order valence-electron chi connectivity index (χ0n) is 9.03. The van der Waals surface area contributed by atoms with Crippen molar-refractivity contribution in [1.29, 1.82) is 0 Å². The highest BCUT2D eigenvalue weighted by molar-refractivity contribution is 5.98. The molecule has 3 N–H and O–H groups in total. The average molecular weight is 220 g/mol. The van der Waals surface area contributed by atoms with E-state index >= 15 is 0 Å². The molecule has 0 saturated carbocycles. The summed E-state index contributed by atoms with van der Waals surface area (Å²) in [5.74, 6) is 0.207. The molecule has 84 valence electrons. The first-order valence-corrected chi connectivity index (χ1v) is 4.70. The Bertz CT molecular complexity index is 545. The maximum atomic E-state index is 11.3. The van der Waals surface area contributed by atoms with E-state index in [0.29, 0.717) is 17.1 Å². The summed E-state index contributed by atoms with van der Waals surface area (Å²) >= 11 is 0. The van der Waals surface area contributed by atoms with E-state index in [1.54, 1.807) is 25.3 Å². The van der Waals surface area contributed by atoms with Gasteiger partial charge < -0.3 is 20.2 Å². The highest BCUT2D eigenvalue weighted by Gasteiger charge is 2.12. The SMILES string of the molecule is COC(=O)c1cc2c(OC)cc(N)cc2[nH]1. The summed E-state index contributed by atoms with van der Waals surface area (Å²) < 4.78 is 9.81. The van der Waals surface area contributed by atoms with Gasteiger partial charge in [0.05, 0.1) is 19.7 Å². The molecule has 0 atom stereocenters. The van der Waals surface area contributed by atoms with Crippen LogP contribution in [0.1, 0.15) is 10.5 Å². The van der Waals surface area contributed by atoms with Crippen molar-refractivity contribution in [2.75, 3.05) is 20.0 Å². The summed E-state index contributed by atoms with van der Waals surface area (Å²) in [6.07, 6.45) is 0. The van der Waals surface area contributed by atoms with Gasteiger partial charge >= 0.3 is 5.97 Å². The van der Waals surface area contributed by atoms with Gasteiger partial charge in [-0.3, -0.25) is 0 Å². The van der Waals surface area contributed by atoms with Crippen molar-refractivity contribution in [3.05, 3.63) is 23.9 Å². The molecular weight excluding hydrogens is 208 g/mol. The fourth-order valence-electron chi connectivity index (χ4n) is 1.61. The molecule has 0 aliphatic rings. The highest BCUT2D eigenvalue weighted by Crippen LogP contribution is 2.29. The number of rotatable bonds is 2. The summed E-state index contributed by atoms with van der Waals surface area (Å²) in [4.78, 5) is 14.3. The Balaban J connectivity index is 2.64. The van der Waals surface area contributed by atoms with Gasteiger partial charge in [-0.05, 0) is 12.1 Å². The lowest BCUT2D eigenvalue weighted by Crippen LogP contribution is -2.00. The fraction of sp³-hybridized carbons (Fsp3) is 0.182. The van der Waals surface area contributed by atoms with E-state index in [1.165, 1.54) is 7.11 Å². The van der Waals surface area contributed by atoms with Gasteiger partial charge in [-0.15, -0.1) is 0 Å². The van der Waals surface area contributed by atoms with Crippen LogP contribution >= 0.6 is 0 Å². The number of anilines is 1. The second-order valence-electron chi connectivity index (χ2n) is 3.36. The van der Waals surface area contributed by atoms with E-state index in [-0.39, 0.29) is 0 Å². The molecule has 1 heterocycles. The van der Waals surface area contributed by atoms with Crippen LogP contribution in [-0.4, -0.2) is 25.2 Å². The van der Waals surface area contributed by atoms with Gasteiger partial charge in [-0.1, -0.05) is 0 Å². The minimum Gasteiger partial charge on any atom is -0.496 e. The molecule has 0 unspecified atom stereocenters. The van der Waals surface area contributed by atoms with Crippen molar-refractivity contribution in [2.24, 2.45) is 0 Å². The number of benzene rings is 1. The van der Waals surface area contributed by atoms with Crippen LogP contribution in [0.25, 0.3) is 10.9 Å². The zero-order chi connectivity index (χ0) is 11.7. The van der Waals surface area contributed by atoms with Crippen LogP contribution in [0, 0.1) is 0 Å². The van der Waals surface area contributed by atoms with Gasteiger partial charge in [0.25, 0.3) is 0 Å². The molecule has 16 heavy (non-hydrogen) atoms. The number of aromatic amines is 1. The third-order valence-electron chi connectivity index (χ3n) is 2.35. The van der Waals surface area contributed by atoms with Gasteiger partial charge in [0.2, 0.25) is 0 Å². The quantitative estimate of drug-likeness (QED) is 0.594. The zero-order valence-corrected chi connectivity index (χ0v) is 9.03. The Labute approximate surface area is 92.1 Å². The molecule has 0 bridgehead atoms. The third-order valence-corrected chi connectivity index (χ3v) is 2.35. The van der Waals surface area contributed by atoms with E-state index in [0.717, 1.165) is 10.9 Å². The maximum Gasteiger partial charge on any atom is 0.354 e. The number of methoxy groups -OCH3 is 2. The smallest absolute Gasteiger partial charge is 0.354 e. The molecule has 1 aromatic carbocycles. The van der Waals surface area contributed by atoms with Crippen molar-refractivity contribution in [1.82, 2.24) is 4.98 Å². The molecule has 0 fully saturated rings. The van der Waals surface area contributed by atoms with Gasteiger partial charge in [-0.25, -0.2) is 4.79 Å². The van der Waals surface area contributed by atoms with Crippen molar-refractivity contribution in [3.63, 3.8) is 0 Å². The topological polar surface area (TPSA) is 77.3 Å². The highest BCUT2D eigenvalue weighted by atomic mass is 16.5. The summed E-state index contributed by atoms with van der Waals surface area (Å²) in [6.45, 7) is 0. The summed E-state index contributed by atoms with van der Waals surface area (Å²) in [5, 5.41) is 0.803. The molecule has 0 saturated heterocycles. The molecule has 0 spiro atoms. The van der Waals surface area contributed by atoms with Gasteiger partial charge in [0.15, 0.2) is 0 Å². The Morgan fingerprint density at radius 3 is 2.69 bits per heavy atom. The lowest BCUT2D eigenvalue weighted by molar-refractivity contribution is 0.0595. The number of nitrogen functional groups attached to an aromatic ring is 1. The standard InChI is InChI=1S/C11H12N2O3/c1-15-10-4-6(12)3-8-7(10)5-9(13-8)11(14)16-2/h3-5,13H,12H2,1-2H3. The molecule has 5 nitrogen and oxygen atoms in total. The average Bonchev–Trinajstić information content (AvgIpc) is 2.70. The van der Waals surface area contributed by atoms with Gasteiger partial charge in [0.1, 0.15) is 11.4 Å². The van der Waals surface area contributed by atoms with Crippen LogP contribution in [-0.2, 0) is 4.74 Å². The Kier molecular flexibility index (Phi) is 2.44. The third kappa shape index (κ3) is 1.56. The minimum absolute atomic E-state index is 0.376. The van der Waals surface area contributed by atoms with E-state index < -0.39 is 5.97 Å². The van der Waals surface area contributed by atoms with E-state index in [2.05, 4.69) is 9.72 Å². The number of carbonyl (C=O) groups excluding carboxylic acids is 1. The van der Waals surface area contributed by atoms with Gasteiger partial charge in [-0.2, -0.15) is 0 Å². The fourth-order valence-corrected chi connectivity index (χ4v) is 1.61. The summed E-state index contributed by atoms with van der Waals surface area (Å²) in [6, 6.07) is 5.13. The molecule has 0 radical (unpaired) electrons. The number of aromatic nitrogens is 1. The van der Waals surface area contributed by atoms with Crippen LogP contribution in [0.4, 0.5) is 5.69 Å². The number of nitrogens with one attached hydrogen (secondary N) is 1. The number of carbonyl (C=O) groups is 1. The van der Waals surface area contributed by atoms with Crippen molar-refractivity contribution < 1.29 is 14.3 Å². The molecule has 0 aliphatic heterocycles. The van der Waals surface area contributed by atoms with Crippen molar-refractivity contribution in [3.8, 4) is 5.75 Å². The number of hydrogen-bond donors (Lipinski definition) is 2. The van der Waals surface area contributed by atoms with Crippen LogP contribution in [0.15, 0.2) is 18.2 Å². The number of ether oxygens (including phenoxy) is 2. The van der Waals surface area contributed by atoms with Gasteiger partial charge in [0, 0.05) is 17.1 Å². The predicted molar refractivity (Wildman–Crippen MR) is 60.6 cm³/mol. The number of nitrogens with two attached hydrogens (primary N) is 1. The number of fused-ring (bicyclic) bond motifs is 1. The molecular formula is C11H12N2O3. The van der Waals surface area contributed by atoms with Crippen LogP contribution < -0.4 is 10.5 Å². The first kappa shape index (κ1) is 10.4. The van der Waals surface area contributed by atoms with E-state index in [4.69, 9.17) is 10.5 Å². The molecule has 5 heteroatoms. The molecule has 0 amide bonds. The largest absolute Gasteiger partial charge is 0.496 e. The predicted octanol–water partition coefficient (Wildman–Crippen LogP) is 1.55. The molecule has 2 aromatic rings. The van der Waals surface area contributed by atoms with E-state index in [9.17, 15) is 4.79 Å². The number of esters is 1. The number of H-pyrrole nitrogens is 1. The molecule has 1 aromatic heterocycles. The lowest BCUT2D eigenvalue weighted by Gasteiger charge is -2.02. The van der Waals surface area contributed by atoms with Crippen LogP contribution in [0.3, 0.4) is 0 Å². The summed E-state index contributed by atoms with van der Waals surface area (Å²) in [5.41, 5.74) is 7.40. The first-order chi connectivity index (χ1) is 7.65. The van der Waals surface area contributed by atoms with Crippen LogP contribution in [0.2, 0.25) is 0 Å². The molecule has 2 rings (SSSR count). The number of hydrogen-bond acceptors (Lipinski definition) is 4. The Hall–Kier alpha value is -2.17. The minimum atomic E-state index is -0.420. The normalized spacial score (nSPS) is 10.4. The van der Waals surface area contributed by atoms with Crippen LogP contribution in [0.5, 0.6) is 5.75 Å². The first-order valence-electron chi connectivity index (χ1n) is 4.70. The monoisotopic (exact) mass is 220 g/mol. The van der Waals surface area contributed by atoms with Crippen molar-refractivity contribution in [2.45, 2.75) is 0 Å². The Morgan fingerprint density at radius 2 is 2.06 bits per heavy atom. The van der Waals surface area contributed by atoms with E-state index in [1.807, 2.05) is 0 Å².